The van der Waals surface area contributed by atoms with Crippen molar-refractivity contribution in [3.8, 4) is 0 Å². The third kappa shape index (κ3) is 2.87. The molecule has 4 rings (SSSR count). The Morgan fingerprint density at radius 1 is 1.28 bits per heavy atom. The summed E-state index contributed by atoms with van der Waals surface area (Å²) in [5.74, 6) is -0.338. The minimum absolute atomic E-state index is 0.0235. The maximum atomic E-state index is 13.8. The molecule has 1 aliphatic rings. The number of hydrogen-bond donors (Lipinski definition) is 1. The van der Waals surface area contributed by atoms with Crippen molar-refractivity contribution >= 4 is 40.4 Å². The van der Waals surface area contributed by atoms with E-state index in [2.05, 4.69) is 15.1 Å². The van der Waals surface area contributed by atoms with Gasteiger partial charge in [-0.05, 0) is 42.3 Å². The molecule has 3 aromatic rings. The molecule has 0 amide bonds. The van der Waals surface area contributed by atoms with Crippen LogP contribution < -0.4 is 0 Å². The van der Waals surface area contributed by atoms with Crippen LogP contribution in [0.3, 0.4) is 0 Å². The molecule has 25 heavy (non-hydrogen) atoms. The lowest BCUT2D eigenvalue weighted by Crippen LogP contribution is -2.22. The third-order valence-corrected chi connectivity index (χ3v) is 5.23. The number of hydrogen-bond acceptors (Lipinski definition) is 3. The van der Waals surface area contributed by atoms with Gasteiger partial charge in [0.25, 0.3) is 0 Å². The van der Waals surface area contributed by atoms with Crippen LogP contribution in [-0.4, -0.2) is 27.7 Å². The Kier molecular flexibility index (Phi) is 4.13. The summed E-state index contributed by atoms with van der Waals surface area (Å²) in [6.07, 6.45) is 5.59. The first kappa shape index (κ1) is 16.4. The van der Waals surface area contributed by atoms with E-state index in [-0.39, 0.29) is 17.0 Å². The Balaban J connectivity index is 1.60. The van der Waals surface area contributed by atoms with Gasteiger partial charge in [-0.25, -0.2) is 9.37 Å². The lowest BCUT2D eigenvalue weighted by atomic mass is 9.98. The van der Waals surface area contributed by atoms with Crippen molar-refractivity contribution in [2.75, 3.05) is 6.54 Å². The van der Waals surface area contributed by atoms with Crippen LogP contribution in [-0.2, 0) is 0 Å². The van der Waals surface area contributed by atoms with E-state index < -0.39 is 5.82 Å². The molecule has 0 saturated heterocycles. The van der Waals surface area contributed by atoms with Gasteiger partial charge in [-0.3, -0.25) is 5.01 Å². The van der Waals surface area contributed by atoms with Crippen molar-refractivity contribution in [2.45, 2.75) is 18.9 Å². The summed E-state index contributed by atoms with van der Waals surface area (Å²) in [4.78, 5) is 7.44. The number of pyridine rings is 1. The fourth-order valence-electron chi connectivity index (χ4n) is 3.22. The minimum atomic E-state index is -0.476. The Bertz CT molecular complexity index is 969. The lowest BCUT2D eigenvalue weighted by Gasteiger charge is -2.25. The SMILES string of the molecule is CC(c1cc(F)c(Cl)cc1Cl)N1CC(c2ccnc3[nH]ccc23)C=N1. The predicted molar refractivity (Wildman–Crippen MR) is 98.9 cm³/mol. The monoisotopic (exact) mass is 376 g/mol. The van der Waals surface area contributed by atoms with E-state index in [1.807, 2.05) is 36.5 Å². The zero-order valence-corrected chi connectivity index (χ0v) is 14.9. The zero-order valence-electron chi connectivity index (χ0n) is 13.4. The van der Waals surface area contributed by atoms with Crippen molar-refractivity contribution < 1.29 is 4.39 Å². The van der Waals surface area contributed by atoms with Crippen molar-refractivity contribution in [3.63, 3.8) is 0 Å². The Morgan fingerprint density at radius 3 is 2.96 bits per heavy atom. The predicted octanol–water partition coefficient (Wildman–Crippen LogP) is 5.16. The van der Waals surface area contributed by atoms with Crippen molar-refractivity contribution in [1.82, 2.24) is 15.0 Å². The highest BCUT2D eigenvalue weighted by Crippen LogP contribution is 2.35. The quantitative estimate of drug-likeness (QED) is 0.641. The lowest BCUT2D eigenvalue weighted by molar-refractivity contribution is 0.238. The van der Waals surface area contributed by atoms with Gasteiger partial charge in [0.1, 0.15) is 11.5 Å². The van der Waals surface area contributed by atoms with Crippen molar-refractivity contribution in [2.24, 2.45) is 5.10 Å². The molecule has 0 bridgehead atoms. The van der Waals surface area contributed by atoms with Gasteiger partial charge in [0.05, 0.1) is 11.1 Å². The topological polar surface area (TPSA) is 44.3 Å². The standard InChI is InChI=1S/C18H15Cl2FN4/c1-10(14-6-17(21)16(20)7-15(14)19)25-9-11(8-24-25)12-2-4-22-18-13(12)3-5-23-18/h2-8,10-11H,9H2,1H3,(H,22,23). The van der Waals surface area contributed by atoms with E-state index in [1.165, 1.54) is 12.1 Å². The molecule has 7 heteroatoms. The molecule has 2 aromatic heterocycles. The van der Waals surface area contributed by atoms with Gasteiger partial charge < -0.3 is 4.98 Å². The number of rotatable bonds is 3. The maximum absolute atomic E-state index is 13.8. The highest BCUT2D eigenvalue weighted by molar-refractivity contribution is 6.35. The summed E-state index contributed by atoms with van der Waals surface area (Å²) in [6, 6.07) is 6.69. The molecule has 1 aromatic carbocycles. The van der Waals surface area contributed by atoms with Gasteiger partial charge in [-0.15, -0.1) is 0 Å². The van der Waals surface area contributed by atoms with Crippen LogP contribution in [0.15, 0.2) is 41.8 Å². The molecule has 0 fully saturated rings. The first-order valence-corrected chi connectivity index (χ1v) is 8.67. The highest BCUT2D eigenvalue weighted by atomic mass is 35.5. The van der Waals surface area contributed by atoms with E-state index in [0.717, 1.165) is 16.6 Å². The van der Waals surface area contributed by atoms with Crippen LogP contribution in [0.25, 0.3) is 11.0 Å². The minimum Gasteiger partial charge on any atom is -0.346 e. The molecular weight excluding hydrogens is 362 g/mol. The van der Waals surface area contributed by atoms with E-state index in [0.29, 0.717) is 17.1 Å². The van der Waals surface area contributed by atoms with Crippen LogP contribution in [0.4, 0.5) is 4.39 Å². The Labute approximate surface area is 154 Å². The largest absolute Gasteiger partial charge is 0.346 e. The Morgan fingerprint density at radius 2 is 2.12 bits per heavy atom. The molecule has 3 heterocycles. The highest BCUT2D eigenvalue weighted by Gasteiger charge is 2.27. The van der Waals surface area contributed by atoms with Gasteiger partial charge in [0, 0.05) is 41.5 Å². The molecule has 2 atom stereocenters. The zero-order chi connectivity index (χ0) is 17.6. The van der Waals surface area contributed by atoms with E-state index >= 15 is 0 Å². The second kappa shape index (κ2) is 6.32. The number of fused-ring (bicyclic) bond motifs is 1. The summed E-state index contributed by atoms with van der Waals surface area (Å²) in [5.41, 5.74) is 2.70. The molecule has 0 radical (unpaired) electrons. The van der Waals surface area contributed by atoms with Crippen molar-refractivity contribution in [1.29, 1.82) is 0 Å². The number of benzene rings is 1. The van der Waals surface area contributed by atoms with Crippen LogP contribution in [0.1, 0.15) is 30.0 Å². The van der Waals surface area contributed by atoms with Gasteiger partial charge in [0.15, 0.2) is 0 Å². The molecule has 1 aliphatic heterocycles. The summed E-state index contributed by atoms with van der Waals surface area (Å²) < 4.78 is 13.8. The number of hydrazone groups is 1. The number of nitrogens with one attached hydrogen (secondary N) is 1. The number of aromatic nitrogens is 2. The smallest absolute Gasteiger partial charge is 0.142 e. The van der Waals surface area contributed by atoms with Gasteiger partial charge in [-0.1, -0.05) is 23.2 Å². The van der Waals surface area contributed by atoms with Crippen LogP contribution in [0, 0.1) is 5.82 Å². The molecule has 4 nitrogen and oxygen atoms in total. The molecule has 1 N–H and O–H groups in total. The molecule has 0 aliphatic carbocycles. The number of halogens is 3. The average Bonchev–Trinajstić information content (AvgIpc) is 3.26. The molecule has 2 unspecified atom stereocenters. The summed E-state index contributed by atoms with van der Waals surface area (Å²) in [7, 11) is 0. The second-order valence-corrected chi connectivity index (χ2v) is 6.91. The van der Waals surface area contributed by atoms with E-state index in [1.54, 1.807) is 6.20 Å². The molecular formula is C18H15Cl2FN4. The number of aromatic amines is 1. The van der Waals surface area contributed by atoms with Crippen LogP contribution >= 0.6 is 23.2 Å². The fourth-order valence-corrected chi connectivity index (χ4v) is 3.76. The fraction of sp³-hybridized carbons (Fsp3) is 0.222. The normalized spacial score (nSPS) is 18.2. The summed E-state index contributed by atoms with van der Waals surface area (Å²) in [5, 5.41) is 7.98. The van der Waals surface area contributed by atoms with Crippen LogP contribution in [0.5, 0.6) is 0 Å². The molecule has 0 saturated carbocycles. The van der Waals surface area contributed by atoms with Gasteiger partial charge in [-0.2, -0.15) is 5.10 Å². The van der Waals surface area contributed by atoms with Crippen LogP contribution in [0.2, 0.25) is 10.0 Å². The first-order valence-electron chi connectivity index (χ1n) is 7.92. The van der Waals surface area contributed by atoms with E-state index in [4.69, 9.17) is 23.2 Å². The number of nitrogens with zero attached hydrogens (tertiary/aromatic N) is 3. The molecule has 0 spiro atoms. The summed E-state index contributed by atoms with van der Waals surface area (Å²) in [6.45, 7) is 2.64. The third-order valence-electron chi connectivity index (χ3n) is 4.61. The first-order chi connectivity index (χ1) is 12.0. The summed E-state index contributed by atoms with van der Waals surface area (Å²) >= 11 is 12.0. The Hall–Kier alpha value is -2.11. The van der Waals surface area contributed by atoms with Crippen molar-refractivity contribution in [3.05, 3.63) is 63.6 Å². The number of H-pyrrole nitrogens is 1. The molecule has 128 valence electrons. The van der Waals surface area contributed by atoms with E-state index in [9.17, 15) is 4.39 Å². The second-order valence-electron chi connectivity index (χ2n) is 6.10. The van der Waals surface area contributed by atoms with Gasteiger partial charge >= 0.3 is 0 Å². The van der Waals surface area contributed by atoms with Gasteiger partial charge in [0.2, 0.25) is 0 Å². The maximum Gasteiger partial charge on any atom is 0.142 e. The average molecular weight is 377 g/mol.